The van der Waals surface area contributed by atoms with Crippen LogP contribution in [0, 0.1) is 0 Å². The molecule has 4 heteroatoms. The molecule has 0 bridgehead atoms. The SMILES string of the molecule is Oc1cc(-c2ccc(-c3cccc(-c4ccccc4)c3)cc2)nn1-c1ccccn1. The fourth-order valence-corrected chi connectivity index (χ4v) is 3.50. The summed E-state index contributed by atoms with van der Waals surface area (Å²) >= 11 is 0. The van der Waals surface area contributed by atoms with E-state index in [1.807, 2.05) is 30.3 Å². The molecule has 0 spiro atoms. The van der Waals surface area contributed by atoms with Gasteiger partial charge in [-0.05, 0) is 40.5 Å². The first-order chi connectivity index (χ1) is 14.8. The maximum atomic E-state index is 10.3. The molecule has 0 aliphatic heterocycles. The molecule has 2 aromatic heterocycles. The smallest absolute Gasteiger partial charge is 0.216 e. The van der Waals surface area contributed by atoms with Crippen LogP contribution in [0.25, 0.3) is 39.3 Å². The van der Waals surface area contributed by atoms with Crippen molar-refractivity contribution in [2.75, 3.05) is 0 Å². The predicted molar refractivity (Wildman–Crippen MR) is 119 cm³/mol. The van der Waals surface area contributed by atoms with Gasteiger partial charge in [0.15, 0.2) is 5.82 Å². The minimum absolute atomic E-state index is 0.0586. The van der Waals surface area contributed by atoms with Crippen LogP contribution >= 0.6 is 0 Å². The van der Waals surface area contributed by atoms with Crippen LogP contribution in [-0.4, -0.2) is 19.9 Å². The van der Waals surface area contributed by atoms with E-state index in [2.05, 4.69) is 70.7 Å². The molecular formula is C26H19N3O. The van der Waals surface area contributed by atoms with Gasteiger partial charge in [0.2, 0.25) is 5.88 Å². The number of nitrogens with zero attached hydrogens (tertiary/aromatic N) is 3. The highest BCUT2D eigenvalue weighted by Crippen LogP contribution is 2.29. The molecule has 30 heavy (non-hydrogen) atoms. The zero-order valence-electron chi connectivity index (χ0n) is 16.2. The van der Waals surface area contributed by atoms with Crippen molar-refractivity contribution in [3.05, 3.63) is 109 Å². The molecule has 5 aromatic rings. The van der Waals surface area contributed by atoms with Crippen molar-refractivity contribution in [1.82, 2.24) is 14.8 Å². The van der Waals surface area contributed by atoms with Crippen molar-refractivity contribution in [2.24, 2.45) is 0 Å². The summed E-state index contributed by atoms with van der Waals surface area (Å²) in [5, 5.41) is 14.8. The zero-order valence-corrected chi connectivity index (χ0v) is 16.2. The summed E-state index contributed by atoms with van der Waals surface area (Å²) < 4.78 is 1.44. The van der Waals surface area contributed by atoms with Crippen LogP contribution in [0.15, 0.2) is 109 Å². The molecule has 0 aliphatic carbocycles. The van der Waals surface area contributed by atoms with Gasteiger partial charge in [0, 0.05) is 17.8 Å². The summed E-state index contributed by atoms with van der Waals surface area (Å²) in [6.07, 6.45) is 1.68. The van der Waals surface area contributed by atoms with Gasteiger partial charge in [-0.3, -0.25) is 0 Å². The average molecular weight is 389 g/mol. The second-order valence-electron chi connectivity index (χ2n) is 7.01. The third-order valence-corrected chi connectivity index (χ3v) is 5.04. The van der Waals surface area contributed by atoms with Crippen molar-refractivity contribution < 1.29 is 5.11 Å². The molecule has 2 heterocycles. The van der Waals surface area contributed by atoms with E-state index < -0.39 is 0 Å². The van der Waals surface area contributed by atoms with Gasteiger partial charge in [0.05, 0.1) is 5.69 Å². The molecule has 1 N–H and O–H groups in total. The van der Waals surface area contributed by atoms with Crippen LogP contribution in [0.2, 0.25) is 0 Å². The number of rotatable bonds is 4. The minimum Gasteiger partial charge on any atom is -0.493 e. The fourth-order valence-electron chi connectivity index (χ4n) is 3.50. The van der Waals surface area contributed by atoms with Crippen LogP contribution in [0.5, 0.6) is 5.88 Å². The molecule has 0 fully saturated rings. The van der Waals surface area contributed by atoms with Crippen LogP contribution < -0.4 is 0 Å². The molecule has 0 unspecified atom stereocenters. The number of aromatic hydroxyl groups is 1. The number of benzene rings is 3. The third-order valence-electron chi connectivity index (χ3n) is 5.04. The predicted octanol–water partition coefficient (Wildman–Crippen LogP) is 5.97. The molecule has 5 rings (SSSR count). The highest BCUT2D eigenvalue weighted by atomic mass is 16.3. The Morgan fingerprint density at radius 2 is 1.20 bits per heavy atom. The maximum Gasteiger partial charge on any atom is 0.216 e. The molecule has 0 aliphatic rings. The maximum absolute atomic E-state index is 10.3. The molecular weight excluding hydrogens is 370 g/mol. The van der Waals surface area contributed by atoms with Gasteiger partial charge >= 0.3 is 0 Å². The first-order valence-electron chi connectivity index (χ1n) is 9.75. The van der Waals surface area contributed by atoms with Gasteiger partial charge in [-0.15, -0.1) is 0 Å². The van der Waals surface area contributed by atoms with E-state index in [1.165, 1.54) is 15.8 Å². The number of hydrogen-bond donors (Lipinski definition) is 1. The van der Waals surface area contributed by atoms with E-state index in [-0.39, 0.29) is 5.88 Å². The van der Waals surface area contributed by atoms with Crippen molar-refractivity contribution in [2.45, 2.75) is 0 Å². The van der Waals surface area contributed by atoms with Crippen LogP contribution in [-0.2, 0) is 0 Å². The van der Waals surface area contributed by atoms with Gasteiger partial charge in [-0.2, -0.15) is 9.78 Å². The number of pyridine rings is 1. The van der Waals surface area contributed by atoms with Gasteiger partial charge in [-0.25, -0.2) is 4.98 Å². The van der Waals surface area contributed by atoms with Crippen molar-refractivity contribution >= 4 is 0 Å². The highest BCUT2D eigenvalue weighted by molar-refractivity contribution is 5.74. The Hall–Kier alpha value is -4.18. The summed E-state index contributed by atoms with van der Waals surface area (Å²) in [5.74, 6) is 0.638. The van der Waals surface area contributed by atoms with Crippen LogP contribution in [0.4, 0.5) is 0 Å². The normalized spacial score (nSPS) is 10.8. The standard InChI is InChI=1S/C26H19N3O/c30-26-18-24(28-29(26)25-11-4-5-16-27-25)21-14-12-20(13-15-21)23-10-6-9-22(17-23)19-7-2-1-3-8-19/h1-18,30H. The van der Waals surface area contributed by atoms with E-state index in [1.54, 1.807) is 18.3 Å². The Labute approximate surface area is 174 Å². The average Bonchev–Trinajstić information content (AvgIpc) is 3.22. The zero-order chi connectivity index (χ0) is 20.3. The third kappa shape index (κ3) is 3.47. The topological polar surface area (TPSA) is 50.9 Å². The Bertz CT molecular complexity index is 1280. The molecule has 3 aromatic carbocycles. The second-order valence-corrected chi connectivity index (χ2v) is 7.01. The fraction of sp³-hybridized carbons (Fsp3) is 0. The molecule has 0 saturated carbocycles. The Morgan fingerprint density at radius 3 is 1.90 bits per heavy atom. The summed E-state index contributed by atoms with van der Waals surface area (Å²) in [6, 6.07) is 34.2. The van der Waals surface area contributed by atoms with Gasteiger partial charge in [-0.1, -0.05) is 78.9 Å². The Kier molecular flexibility index (Phi) is 4.58. The lowest BCUT2D eigenvalue weighted by atomic mass is 9.98. The quantitative estimate of drug-likeness (QED) is 0.412. The summed E-state index contributed by atoms with van der Waals surface area (Å²) in [5.41, 5.74) is 6.31. The van der Waals surface area contributed by atoms with E-state index in [0.29, 0.717) is 11.5 Å². The lowest BCUT2D eigenvalue weighted by molar-refractivity contribution is 0.432. The minimum atomic E-state index is 0.0586. The number of hydrogen-bond acceptors (Lipinski definition) is 3. The molecule has 4 nitrogen and oxygen atoms in total. The first-order valence-corrected chi connectivity index (χ1v) is 9.75. The largest absolute Gasteiger partial charge is 0.493 e. The van der Waals surface area contributed by atoms with Crippen molar-refractivity contribution in [3.63, 3.8) is 0 Å². The highest BCUT2D eigenvalue weighted by Gasteiger charge is 2.11. The van der Waals surface area contributed by atoms with E-state index in [0.717, 1.165) is 16.7 Å². The Balaban J connectivity index is 1.45. The van der Waals surface area contributed by atoms with Gasteiger partial charge in [0.1, 0.15) is 0 Å². The lowest BCUT2D eigenvalue weighted by Gasteiger charge is -2.07. The molecule has 0 atom stereocenters. The van der Waals surface area contributed by atoms with Crippen molar-refractivity contribution in [1.29, 1.82) is 0 Å². The van der Waals surface area contributed by atoms with E-state index >= 15 is 0 Å². The Morgan fingerprint density at radius 1 is 0.567 bits per heavy atom. The van der Waals surface area contributed by atoms with Gasteiger partial charge < -0.3 is 5.11 Å². The summed E-state index contributed by atoms with van der Waals surface area (Å²) in [6.45, 7) is 0. The molecule has 0 saturated heterocycles. The monoisotopic (exact) mass is 389 g/mol. The van der Waals surface area contributed by atoms with Crippen molar-refractivity contribution in [3.8, 4) is 45.2 Å². The van der Waals surface area contributed by atoms with Crippen LogP contribution in [0.3, 0.4) is 0 Å². The van der Waals surface area contributed by atoms with Crippen LogP contribution in [0.1, 0.15) is 0 Å². The van der Waals surface area contributed by atoms with E-state index in [9.17, 15) is 5.11 Å². The second kappa shape index (κ2) is 7.68. The van der Waals surface area contributed by atoms with Gasteiger partial charge in [0.25, 0.3) is 0 Å². The van der Waals surface area contributed by atoms with E-state index in [4.69, 9.17) is 0 Å². The lowest BCUT2D eigenvalue weighted by Crippen LogP contribution is -1.98. The number of aromatic nitrogens is 3. The molecule has 0 amide bonds. The summed E-state index contributed by atoms with van der Waals surface area (Å²) in [4.78, 5) is 4.24. The first kappa shape index (κ1) is 17.9. The molecule has 0 radical (unpaired) electrons. The molecule has 144 valence electrons. The summed E-state index contributed by atoms with van der Waals surface area (Å²) in [7, 11) is 0.